The molecule has 0 radical (unpaired) electrons. The zero-order valence-electron chi connectivity index (χ0n) is 10.5. The SMILES string of the molecule is CN(CC1CCCCC1)c1ccc(N)c(N)n1. The van der Waals surface area contributed by atoms with Gasteiger partial charge >= 0.3 is 0 Å². The molecule has 1 aliphatic carbocycles. The number of pyridine rings is 1. The summed E-state index contributed by atoms with van der Waals surface area (Å²) in [4.78, 5) is 6.50. The quantitative estimate of drug-likeness (QED) is 0.841. The lowest BCUT2D eigenvalue weighted by Gasteiger charge is -2.27. The highest BCUT2D eigenvalue weighted by molar-refractivity contribution is 5.62. The molecule has 4 N–H and O–H groups in total. The average molecular weight is 234 g/mol. The minimum Gasteiger partial charge on any atom is -0.396 e. The zero-order valence-corrected chi connectivity index (χ0v) is 10.5. The second kappa shape index (κ2) is 5.25. The lowest BCUT2D eigenvalue weighted by molar-refractivity contribution is 0.361. The van der Waals surface area contributed by atoms with Crippen molar-refractivity contribution in [2.45, 2.75) is 32.1 Å². The molecular formula is C13H22N4. The summed E-state index contributed by atoms with van der Waals surface area (Å²) in [6, 6.07) is 3.77. The number of nitrogens with zero attached hydrogens (tertiary/aromatic N) is 2. The van der Waals surface area contributed by atoms with E-state index in [0.29, 0.717) is 11.5 Å². The van der Waals surface area contributed by atoms with Gasteiger partial charge in [-0.15, -0.1) is 0 Å². The second-order valence-electron chi connectivity index (χ2n) is 5.03. The fraction of sp³-hybridized carbons (Fsp3) is 0.615. The maximum Gasteiger partial charge on any atom is 0.149 e. The van der Waals surface area contributed by atoms with Gasteiger partial charge in [-0.3, -0.25) is 0 Å². The first-order chi connectivity index (χ1) is 8.16. The molecule has 0 aromatic carbocycles. The van der Waals surface area contributed by atoms with E-state index >= 15 is 0 Å². The third-order valence-corrected chi connectivity index (χ3v) is 3.59. The molecule has 0 spiro atoms. The van der Waals surface area contributed by atoms with Gasteiger partial charge < -0.3 is 16.4 Å². The number of hydrogen-bond donors (Lipinski definition) is 2. The van der Waals surface area contributed by atoms with Crippen molar-refractivity contribution in [3.63, 3.8) is 0 Å². The van der Waals surface area contributed by atoms with Crippen LogP contribution in [0.3, 0.4) is 0 Å². The number of rotatable bonds is 3. The molecule has 0 amide bonds. The Morgan fingerprint density at radius 1 is 1.24 bits per heavy atom. The summed E-state index contributed by atoms with van der Waals surface area (Å²) in [6.45, 7) is 1.07. The van der Waals surface area contributed by atoms with Gasteiger partial charge in [0.15, 0.2) is 0 Å². The van der Waals surface area contributed by atoms with E-state index in [1.54, 1.807) is 0 Å². The molecule has 1 aliphatic rings. The molecule has 0 unspecified atom stereocenters. The molecule has 1 saturated carbocycles. The van der Waals surface area contributed by atoms with Crippen LogP contribution < -0.4 is 16.4 Å². The predicted molar refractivity (Wildman–Crippen MR) is 72.9 cm³/mol. The Hall–Kier alpha value is -1.45. The molecule has 1 heterocycles. The standard InChI is InChI=1S/C13H22N4/c1-17(9-10-5-3-2-4-6-10)12-8-7-11(14)13(15)16-12/h7-8,10H,2-6,9,14H2,1H3,(H2,15,16). The Bertz CT molecular complexity index is 372. The highest BCUT2D eigenvalue weighted by Gasteiger charge is 2.16. The molecule has 4 heteroatoms. The van der Waals surface area contributed by atoms with E-state index < -0.39 is 0 Å². The van der Waals surface area contributed by atoms with Crippen molar-refractivity contribution in [1.29, 1.82) is 0 Å². The second-order valence-corrected chi connectivity index (χ2v) is 5.03. The van der Waals surface area contributed by atoms with Crippen LogP contribution in [0.2, 0.25) is 0 Å². The van der Waals surface area contributed by atoms with Gasteiger partial charge in [-0.1, -0.05) is 19.3 Å². The van der Waals surface area contributed by atoms with Gasteiger partial charge in [0.2, 0.25) is 0 Å². The Balaban J connectivity index is 1.98. The molecule has 0 aliphatic heterocycles. The summed E-state index contributed by atoms with van der Waals surface area (Å²) in [7, 11) is 2.08. The first kappa shape index (κ1) is 12.0. The van der Waals surface area contributed by atoms with Crippen molar-refractivity contribution in [3.05, 3.63) is 12.1 Å². The molecule has 0 saturated heterocycles. The summed E-state index contributed by atoms with van der Waals surface area (Å²) in [5.41, 5.74) is 12.0. The monoisotopic (exact) mass is 234 g/mol. The van der Waals surface area contributed by atoms with Crippen molar-refractivity contribution in [1.82, 2.24) is 4.98 Å². The molecule has 1 aromatic heterocycles. The predicted octanol–water partition coefficient (Wildman–Crippen LogP) is 2.26. The maximum absolute atomic E-state index is 5.73. The molecular weight excluding hydrogens is 212 g/mol. The van der Waals surface area contributed by atoms with Gasteiger partial charge in [0.05, 0.1) is 5.69 Å². The molecule has 17 heavy (non-hydrogen) atoms. The van der Waals surface area contributed by atoms with Gasteiger partial charge in [0.1, 0.15) is 11.6 Å². The van der Waals surface area contributed by atoms with E-state index in [1.807, 2.05) is 12.1 Å². The fourth-order valence-electron chi connectivity index (χ4n) is 2.54. The summed E-state index contributed by atoms with van der Waals surface area (Å²) in [5.74, 6) is 2.15. The van der Waals surface area contributed by atoms with Crippen LogP contribution in [0.5, 0.6) is 0 Å². The van der Waals surface area contributed by atoms with Crippen LogP contribution in [0.4, 0.5) is 17.3 Å². The van der Waals surface area contributed by atoms with Gasteiger partial charge in [-0.05, 0) is 30.9 Å². The molecule has 1 fully saturated rings. The third-order valence-electron chi connectivity index (χ3n) is 3.59. The largest absolute Gasteiger partial charge is 0.396 e. The Kier molecular flexibility index (Phi) is 3.71. The first-order valence-corrected chi connectivity index (χ1v) is 6.40. The molecule has 2 rings (SSSR count). The fourth-order valence-corrected chi connectivity index (χ4v) is 2.54. The van der Waals surface area contributed by atoms with Crippen LogP contribution in [0.1, 0.15) is 32.1 Å². The van der Waals surface area contributed by atoms with Gasteiger partial charge in [-0.2, -0.15) is 0 Å². The molecule has 94 valence electrons. The van der Waals surface area contributed by atoms with Gasteiger partial charge in [-0.25, -0.2) is 4.98 Å². The van der Waals surface area contributed by atoms with Crippen molar-refractivity contribution in [2.24, 2.45) is 5.92 Å². The van der Waals surface area contributed by atoms with Crippen molar-refractivity contribution < 1.29 is 0 Å². The van der Waals surface area contributed by atoms with E-state index in [0.717, 1.165) is 18.3 Å². The number of aromatic nitrogens is 1. The van der Waals surface area contributed by atoms with Crippen molar-refractivity contribution in [3.8, 4) is 0 Å². The minimum absolute atomic E-state index is 0.429. The lowest BCUT2D eigenvalue weighted by atomic mass is 9.89. The maximum atomic E-state index is 5.73. The third kappa shape index (κ3) is 3.02. The average Bonchev–Trinajstić information content (AvgIpc) is 2.34. The van der Waals surface area contributed by atoms with Crippen LogP contribution >= 0.6 is 0 Å². The number of hydrogen-bond acceptors (Lipinski definition) is 4. The van der Waals surface area contributed by atoms with Crippen molar-refractivity contribution in [2.75, 3.05) is 30.0 Å². The Labute approximate surface area is 103 Å². The minimum atomic E-state index is 0.429. The van der Waals surface area contributed by atoms with Gasteiger partial charge in [0, 0.05) is 13.6 Å². The highest BCUT2D eigenvalue weighted by Crippen LogP contribution is 2.26. The number of anilines is 3. The van der Waals surface area contributed by atoms with E-state index in [1.165, 1.54) is 32.1 Å². The summed E-state index contributed by atoms with van der Waals surface area (Å²) >= 11 is 0. The van der Waals surface area contributed by atoms with Gasteiger partial charge in [0.25, 0.3) is 0 Å². The Morgan fingerprint density at radius 3 is 2.59 bits per heavy atom. The van der Waals surface area contributed by atoms with Crippen LogP contribution in [-0.4, -0.2) is 18.6 Å². The van der Waals surface area contributed by atoms with Crippen LogP contribution in [-0.2, 0) is 0 Å². The summed E-state index contributed by atoms with van der Waals surface area (Å²) < 4.78 is 0. The highest BCUT2D eigenvalue weighted by atomic mass is 15.2. The normalized spacial score (nSPS) is 17.0. The van der Waals surface area contributed by atoms with Crippen molar-refractivity contribution >= 4 is 17.3 Å². The van der Waals surface area contributed by atoms with E-state index in [9.17, 15) is 0 Å². The van der Waals surface area contributed by atoms with Crippen LogP contribution in [0.25, 0.3) is 0 Å². The smallest absolute Gasteiger partial charge is 0.149 e. The first-order valence-electron chi connectivity index (χ1n) is 6.40. The number of nitrogen functional groups attached to an aromatic ring is 2. The van der Waals surface area contributed by atoms with E-state index in [2.05, 4.69) is 16.9 Å². The topological polar surface area (TPSA) is 68.2 Å². The Morgan fingerprint density at radius 2 is 1.94 bits per heavy atom. The molecule has 0 bridgehead atoms. The zero-order chi connectivity index (χ0) is 12.3. The summed E-state index contributed by atoms with van der Waals surface area (Å²) in [5, 5.41) is 0. The van der Waals surface area contributed by atoms with E-state index in [4.69, 9.17) is 11.5 Å². The lowest BCUT2D eigenvalue weighted by Crippen LogP contribution is -2.27. The number of nitrogens with two attached hydrogens (primary N) is 2. The van der Waals surface area contributed by atoms with Crippen LogP contribution in [0, 0.1) is 5.92 Å². The van der Waals surface area contributed by atoms with Crippen LogP contribution in [0.15, 0.2) is 12.1 Å². The summed E-state index contributed by atoms with van der Waals surface area (Å²) in [6.07, 6.45) is 6.82. The van der Waals surface area contributed by atoms with E-state index in [-0.39, 0.29) is 0 Å². The molecule has 0 atom stereocenters. The molecule has 1 aromatic rings. The molecule has 4 nitrogen and oxygen atoms in total.